The van der Waals surface area contributed by atoms with Crippen LogP contribution in [0.25, 0.3) is 28.3 Å². The number of alkyl halides is 3. The lowest BCUT2D eigenvalue weighted by atomic mass is 9.89. The van der Waals surface area contributed by atoms with Crippen molar-refractivity contribution in [3.63, 3.8) is 0 Å². The fraction of sp³-hybridized carbons (Fsp3) is 0.304. The summed E-state index contributed by atoms with van der Waals surface area (Å²) in [6, 6.07) is 12.0. The second-order valence-electron chi connectivity index (χ2n) is 7.97. The summed E-state index contributed by atoms with van der Waals surface area (Å²) in [4.78, 5) is 9.36. The van der Waals surface area contributed by atoms with Crippen molar-refractivity contribution in [2.75, 3.05) is 20.2 Å². The molecule has 3 aromatic heterocycles. The van der Waals surface area contributed by atoms with Gasteiger partial charge in [0.1, 0.15) is 22.8 Å². The molecule has 1 aliphatic rings. The predicted molar refractivity (Wildman–Crippen MR) is 119 cm³/mol. The summed E-state index contributed by atoms with van der Waals surface area (Å²) in [5.74, 6) is 1.56. The van der Waals surface area contributed by atoms with E-state index in [0.717, 1.165) is 47.1 Å². The first-order chi connectivity index (χ1) is 16.2. The van der Waals surface area contributed by atoms with Crippen molar-refractivity contribution < 1.29 is 17.9 Å². The second-order valence-corrected chi connectivity index (χ2v) is 7.97. The van der Waals surface area contributed by atoms with Gasteiger partial charge in [-0.05, 0) is 24.3 Å². The first-order valence-corrected chi connectivity index (χ1v) is 10.4. The smallest absolute Gasteiger partial charge is 0.386 e. The average Bonchev–Trinajstić information content (AvgIpc) is 3.44. The van der Waals surface area contributed by atoms with Gasteiger partial charge in [-0.15, -0.1) is 0 Å². The predicted octanol–water partition coefficient (Wildman–Crippen LogP) is 4.05. The van der Waals surface area contributed by atoms with Crippen molar-refractivity contribution >= 4 is 5.65 Å². The molecule has 0 bridgehead atoms. The SMILES string of the molecule is CC(F)(F)F.COc1ccc(-c2cc3nccn3c(-c3cnn(C4(CC#N)CNC4)c3)n2)cc1. The molecule has 0 radical (unpaired) electrons. The molecule has 4 heterocycles. The van der Waals surface area contributed by atoms with E-state index in [-0.39, 0.29) is 12.5 Å². The van der Waals surface area contributed by atoms with E-state index in [2.05, 4.69) is 21.5 Å². The molecule has 0 spiro atoms. The van der Waals surface area contributed by atoms with Gasteiger partial charge < -0.3 is 10.1 Å². The summed E-state index contributed by atoms with van der Waals surface area (Å²) < 4.78 is 40.2. The minimum atomic E-state index is -4.00. The van der Waals surface area contributed by atoms with Crippen molar-refractivity contribution in [3.8, 4) is 34.5 Å². The minimum absolute atomic E-state index is 0.188. The third-order valence-corrected chi connectivity index (χ3v) is 5.42. The van der Waals surface area contributed by atoms with Crippen LogP contribution in [0.5, 0.6) is 5.75 Å². The zero-order valence-electron chi connectivity index (χ0n) is 18.5. The summed E-state index contributed by atoms with van der Waals surface area (Å²) in [5, 5.41) is 17.0. The molecule has 1 N–H and O–H groups in total. The van der Waals surface area contributed by atoms with Crippen LogP contribution in [0.1, 0.15) is 13.3 Å². The van der Waals surface area contributed by atoms with E-state index in [4.69, 9.17) is 9.72 Å². The number of nitrogens with one attached hydrogen (secondary N) is 1. The second kappa shape index (κ2) is 9.15. The standard InChI is InChI=1S/C21H19N7O.C2H3F3/c1-29-17-4-2-15(3-5-17)18-10-19-24-8-9-27(19)20(26-18)16-11-25-28(12-16)21(6-7-22)13-23-14-21;1-2(3,4)5/h2-5,8-12,23H,6,13-14H2,1H3;1H3. The number of hydrogen-bond acceptors (Lipinski definition) is 6. The number of fused-ring (bicyclic) bond motifs is 1. The molecule has 8 nitrogen and oxygen atoms in total. The highest BCUT2D eigenvalue weighted by Gasteiger charge is 2.39. The number of methoxy groups -OCH3 is 1. The van der Waals surface area contributed by atoms with Crippen LogP contribution in [0.15, 0.2) is 55.1 Å². The molecule has 1 fully saturated rings. The summed E-state index contributed by atoms with van der Waals surface area (Å²) in [6.45, 7) is 1.66. The number of aromatic nitrogens is 5. The largest absolute Gasteiger partial charge is 0.497 e. The quantitative estimate of drug-likeness (QED) is 0.474. The maximum Gasteiger partial charge on any atom is 0.386 e. The molecule has 0 unspecified atom stereocenters. The molecule has 4 aromatic rings. The van der Waals surface area contributed by atoms with E-state index in [9.17, 15) is 18.4 Å². The van der Waals surface area contributed by atoms with Crippen LogP contribution in [0, 0.1) is 11.3 Å². The Hall–Kier alpha value is -3.91. The minimum Gasteiger partial charge on any atom is -0.497 e. The summed E-state index contributed by atoms with van der Waals surface area (Å²) in [5.41, 5.74) is 3.22. The monoisotopic (exact) mass is 469 g/mol. The number of nitriles is 1. The normalized spacial score (nSPS) is 14.6. The van der Waals surface area contributed by atoms with Crippen LogP contribution in [-0.2, 0) is 5.54 Å². The number of rotatable bonds is 5. The Labute approximate surface area is 193 Å². The van der Waals surface area contributed by atoms with Gasteiger partial charge in [-0.2, -0.15) is 23.5 Å². The summed E-state index contributed by atoms with van der Waals surface area (Å²) >= 11 is 0. The molecule has 34 heavy (non-hydrogen) atoms. The van der Waals surface area contributed by atoms with Gasteiger partial charge in [-0.25, -0.2) is 9.97 Å². The van der Waals surface area contributed by atoms with E-state index in [1.54, 1.807) is 19.5 Å². The Morgan fingerprint density at radius 2 is 1.91 bits per heavy atom. The molecule has 11 heteroatoms. The maximum atomic E-state index is 10.4. The average molecular weight is 469 g/mol. The lowest BCUT2D eigenvalue weighted by Crippen LogP contribution is -2.60. The van der Waals surface area contributed by atoms with Crippen molar-refractivity contribution in [1.29, 1.82) is 5.26 Å². The molecule has 0 aliphatic carbocycles. The molecule has 0 atom stereocenters. The van der Waals surface area contributed by atoms with Gasteiger partial charge in [0.15, 0.2) is 0 Å². The van der Waals surface area contributed by atoms with Crippen molar-refractivity contribution in [2.24, 2.45) is 0 Å². The number of imidazole rings is 1. The van der Waals surface area contributed by atoms with Crippen LogP contribution in [-0.4, -0.2) is 50.5 Å². The molecule has 1 saturated heterocycles. The molecular weight excluding hydrogens is 447 g/mol. The van der Waals surface area contributed by atoms with E-state index < -0.39 is 6.18 Å². The van der Waals surface area contributed by atoms with E-state index in [1.807, 2.05) is 51.8 Å². The topological polar surface area (TPSA) is 93.1 Å². The maximum absolute atomic E-state index is 10.4. The Kier molecular flexibility index (Phi) is 6.26. The Morgan fingerprint density at radius 1 is 1.21 bits per heavy atom. The summed E-state index contributed by atoms with van der Waals surface area (Å²) in [7, 11) is 1.65. The van der Waals surface area contributed by atoms with Gasteiger partial charge in [0.25, 0.3) is 0 Å². The van der Waals surface area contributed by atoms with Gasteiger partial charge in [-0.3, -0.25) is 9.08 Å². The van der Waals surface area contributed by atoms with E-state index in [0.29, 0.717) is 6.42 Å². The molecule has 0 amide bonds. The highest BCUT2D eigenvalue weighted by atomic mass is 19.4. The van der Waals surface area contributed by atoms with Crippen molar-refractivity contribution in [2.45, 2.75) is 25.1 Å². The first-order valence-electron chi connectivity index (χ1n) is 10.4. The van der Waals surface area contributed by atoms with Crippen LogP contribution in [0.2, 0.25) is 0 Å². The van der Waals surface area contributed by atoms with Crippen molar-refractivity contribution in [1.82, 2.24) is 29.5 Å². The zero-order valence-corrected chi connectivity index (χ0v) is 18.5. The van der Waals surface area contributed by atoms with E-state index >= 15 is 0 Å². The molecule has 0 saturated carbocycles. The van der Waals surface area contributed by atoms with Crippen molar-refractivity contribution in [3.05, 3.63) is 55.1 Å². The lowest BCUT2D eigenvalue weighted by Gasteiger charge is -2.41. The Morgan fingerprint density at radius 3 is 2.50 bits per heavy atom. The highest BCUT2D eigenvalue weighted by Crippen LogP contribution is 2.29. The summed E-state index contributed by atoms with van der Waals surface area (Å²) in [6.07, 6.45) is 3.84. The number of nitrogens with zero attached hydrogens (tertiary/aromatic N) is 6. The number of ether oxygens (including phenoxy) is 1. The van der Waals surface area contributed by atoms with Crippen LogP contribution in [0.3, 0.4) is 0 Å². The molecule has 1 aromatic carbocycles. The molecule has 5 rings (SSSR count). The zero-order chi connectivity index (χ0) is 24.3. The Balaban J connectivity index is 0.000000499. The lowest BCUT2D eigenvalue weighted by molar-refractivity contribution is -0.110. The number of hydrogen-bond donors (Lipinski definition) is 1. The first kappa shape index (κ1) is 23.3. The van der Waals surface area contributed by atoms with Crippen LogP contribution >= 0.6 is 0 Å². The van der Waals surface area contributed by atoms with Gasteiger partial charge >= 0.3 is 6.18 Å². The van der Waals surface area contributed by atoms with Crippen LogP contribution in [0.4, 0.5) is 13.2 Å². The van der Waals surface area contributed by atoms with Crippen LogP contribution < -0.4 is 10.1 Å². The Bertz CT molecular complexity index is 1310. The third-order valence-electron chi connectivity index (χ3n) is 5.42. The fourth-order valence-corrected chi connectivity index (χ4v) is 3.66. The fourth-order valence-electron chi connectivity index (χ4n) is 3.66. The van der Waals surface area contributed by atoms with Gasteiger partial charge in [-0.1, -0.05) is 0 Å². The highest BCUT2D eigenvalue weighted by molar-refractivity contribution is 5.69. The molecule has 1 aliphatic heterocycles. The molecule has 176 valence electrons. The van der Waals surface area contributed by atoms with Gasteiger partial charge in [0.2, 0.25) is 0 Å². The number of benzene rings is 1. The number of halogens is 3. The third kappa shape index (κ3) is 4.87. The van der Waals surface area contributed by atoms with E-state index in [1.165, 1.54) is 0 Å². The van der Waals surface area contributed by atoms with Gasteiger partial charge in [0.05, 0.1) is 37.1 Å². The molecular formula is C23H22F3N7O. The van der Waals surface area contributed by atoms with Gasteiger partial charge in [0, 0.05) is 50.2 Å².